The molecule has 0 fully saturated rings. The molecule has 0 unspecified atom stereocenters. The zero-order valence-corrected chi connectivity index (χ0v) is 15.6. The molecular formula is C17H21N3O3S2. The Labute approximate surface area is 151 Å². The Morgan fingerprint density at radius 2 is 2.12 bits per heavy atom. The second kappa shape index (κ2) is 7.65. The fourth-order valence-corrected chi connectivity index (χ4v) is 5.13. The highest BCUT2D eigenvalue weighted by molar-refractivity contribution is 7.89. The SMILES string of the molecule is CNCCNC(=O)c1cccc(S(=O)(=O)N2CCc3sccc3C2)c1. The third-order valence-corrected chi connectivity index (χ3v) is 7.03. The number of hydrogen-bond donors (Lipinski definition) is 2. The predicted octanol–water partition coefficient (Wildman–Crippen LogP) is 1.44. The number of hydrogen-bond acceptors (Lipinski definition) is 5. The molecule has 8 heteroatoms. The number of benzene rings is 1. The predicted molar refractivity (Wildman–Crippen MR) is 98.3 cm³/mol. The Morgan fingerprint density at radius 1 is 1.28 bits per heavy atom. The third-order valence-electron chi connectivity index (χ3n) is 4.17. The number of carbonyl (C=O) groups excluding carboxylic acids is 1. The van der Waals surface area contributed by atoms with Crippen LogP contribution in [0.3, 0.4) is 0 Å². The van der Waals surface area contributed by atoms with Crippen molar-refractivity contribution >= 4 is 27.3 Å². The lowest BCUT2D eigenvalue weighted by atomic mass is 10.1. The Balaban J connectivity index is 1.79. The second-order valence-electron chi connectivity index (χ2n) is 5.84. The van der Waals surface area contributed by atoms with Gasteiger partial charge in [-0.3, -0.25) is 4.79 Å². The van der Waals surface area contributed by atoms with E-state index in [9.17, 15) is 13.2 Å². The summed E-state index contributed by atoms with van der Waals surface area (Å²) in [6.45, 7) is 1.99. The molecule has 1 aliphatic rings. The number of likely N-dealkylation sites (N-methyl/N-ethyl adjacent to an activating group) is 1. The van der Waals surface area contributed by atoms with E-state index in [1.54, 1.807) is 36.6 Å². The van der Waals surface area contributed by atoms with Crippen LogP contribution in [0, 0.1) is 0 Å². The van der Waals surface area contributed by atoms with Gasteiger partial charge in [-0.05, 0) is 48.7 Å². The zero-order chi connectivity index (χ0) is 17.9. The van der Waals surface area contributed by atoms with Gasteiger partial charge < -0.3 is 10.6 Å². The molecule has 1 aromatic carbocycles. The van der Waals surface area contributed by atoms with Crippen molar-refractivity contribution in [3.05, 3.63) is 51.7 Å². The molecule has 2 N–H and O–H groups in total. The standard InChI is InChI=1S/C17H21N3O3S2/c1-18-7-8-19-17(21)13-3-2-4-15(11-13)25(22,23)20-9-5-16-14(12-20)6-10-24-16/h2-4,6,10-11,18H,5,7-9,12H2,1H3,(H,19,21). The third kappa shape index (κ3) is 3.92. The molecule has 134 valence electrons. The van der Waals surface area contributed by atoms with Crippen molar-refractivity contribution in [3.8, 4) is 0 Å². The van der Waals surface area contributed by atoms with Gasteiger partial charge in [0.25, 0.3) is 5.91 Å². The van der Waals surface area contributed by atoms with Crippen LogP contribution in [0.25, 0.3) is 0 Å². The number of carbonyl (C=O) groups is 1. The monoisotopic (exact) mass is 379 g/mol. The quantitative estimate of drug-likeness (QED) is 0.745. The lowest BCUT2D eigenvalue weighted by Gasteiger charge is -2.26. The first-order chi connectivity index (χ1) is 12.0. The summed E-state index contributed by atoms with van der Waals surface area (Å²) in [4.78, 5) is 13.6. The van der Waals surface area contributed by atoms with E-state index in [2.05, 4.69) is 10.6 Å². The highest BCUT2D eigenvalue weighted by Gasteiger charge is 2.29. The van der Waals surface area contributed by atoms with Crippen LogP contribution in [0.5, 0.6) is 0 Å². The summed E-state index contributed by atoms with van der Waals surface area (Å²) in [6.07, 6.45) is 0.733. The van der Waals surface area contributed by atoms with Gasteiger partial charge in [0.2, 0.25) is 10.0 Å². The minimum atomic E-state index is -3.62. The highest BCUT2D eigenvalue weighted by atomic mass is 32.2. The van der Waals surface area contributed by atoms with Gasteiger partial charge in [-0.1, -0.05) is 6.07 Å². The summed E-state index contributed by atoms with van der Waals surface area (Å²) in [6, 6.07) is 8.21. The Hall–Kier alpha value is -1.74. The van der Waals surface area contributed by atoms with Crippen molar-refractivity contribution in [3.63, 3.8) is 0 Å². The summed E-state index contributed by atoms with van der Waals surface area (Å²) < 4.78 is 27.4. The van der Waals surface area contributed by atoms with Crippen LogP contribution in [0.15, 0.2) is 40.6 Å². The molecule has 0 bridgehead atoms. The maximum absolute atomic E-state index is 12.9. The highest BCUT2D eigenvalue weighted by Crippen LogP contribution is 2.28. The van der Waals surface area contributed by atoms with E-state index >= 15 is 0 Å². The molecule has 2 heterocycles. The van der Waals surface area contributed by atoms with E-state index in [4.69, 9.17) is 0 Å². The van der Waals surface area contributed by atoms with E-state index in [1.807, 2.05) is 11.4 Å². The van der Waals surface area contributed by atoms with Crippen LogP contribution in [-0.2, 0) is 23.0 Å². The molecule has 0 aliphatic carbocycles. The van der Waals surface area contributed by atoms with Crippen LogP contribution in [0.2, 0.25) is 0 Å². The normalized spacial score (nSPS) is 14.9. The molecule has 0 saturated heterocycles. The van der Waals surface area contributed by atoms with Gasteiger partial charge in [0.05, 0.1) is 4.90 Å². The molecule has 2 aromatic rings. The van der Waals surface area contributed by atoms with E-state index in [0.717, 1.165) is 12.0 Å². The minimum Gasteiger partial charge on any atom is -0.351 e. The van der Waals surface area contributed by atoms with E-state index in [1.165, 1.54) is 15.2 Å². The molecule has 1 aromatic heterocycles. The van der Waals surface area contributed by atoms with E-state index in [0.29, 0.717) is 31.7 Å². The number of nitrogens with zero attached hydrogens (tertiary/aromatic N) is 1. The number of amides is 1. The van der Waals surface area contributed by atoms with Gasteiger partial charge in [0, 0.05) is 36.6 Å². The Kier molecular flexibility index (Phi) is 5.53. The average molecular weight is 380 g/mol. The van der Waals surface area contributed by atoms with Crippen LogP contribution < -0.4 is 10.6 Å². The topological polar surface area (TPSA) is 78.5 Å². The van der Waals surface area contributed by atoms with Crippen LogP contribution in [0.1, 0.15) is 20.8 Å². The summed E-state index contributed by atoms with van der Waals surface area (Å²) >= 11 is 1.67. The molecule has 0 saturated carbocycles. The molecule has 6 nitrogen and oxygen atoms in total. The summed E-state index contributed by atoms with van der Waals surface area (Å²) in [5, 5.41) is 7.70. The van der Waals surface area contributed by atoms with Crippen LogP contribution in [0.4, 0.5) is 0 Å². The lowest BCUT2D eigenvalue weighted by molar-refractivity contribution is 0.0954. The van der Waals surface area contributed by atoms with Crippen LogP contribution >= 0.6 is 11.3 Å². The molecule has 25 heavy (non-hydrogen) atoms. The van der Waals surface area contributed by atoms with Gasteiger partial charge in [0.15, 0.2) is 0 Å². The lowest BCUT2D eigenvalue weighted by Crippen LogP contribution is -2.35. The largest absolute Gasteiger partial charge is 0.351 e. The maximum atomic E-state index is 12.9. The number of sulfonamides is 1. The molecule has 0 radical (unpaired) electrons. The second-order valence-corrected chi connectivity index (χ2v) is 8.78. The van der Waals surface area contributed by atoms with Crippen molar-refractivity contribution in [2.45, 2.75) is 17.9 Å². The number of rotatable bonds is 6. The summed E-state index contributed by atoms with van der Waals surface area (Å²) in [7, 11) is -1.82. The molecule has 1 amide bonds. The Morgan fingerprint density at radius 3 is 2.92 bits per heavy atom. The van der Waals surface area contributed by atoms with Crippen molar-refractivity contribution in [2.75, 3.05) is 26.7 Å². The fourth-order valence-electron chi connectivity index (χ4n) is 2.78. The van der Waals surface area contributed by atoms with Crippen molar-refractivity contribution < 1.29 is 13.2 Å². The maximum Gasteiger partial charge on any atom is 0.251 e. The Bertz CT molecular complexity index is 862. The van der Waals surface area contributed by atoms with Gasteiger partial charge in [-0.15, -0.1) is 11.3 Å². The smallest absolute Gasteiger partial charge is 0.251 e. The summed E-state index contributed by atoms with van der Waals surface area (Å²) in [5.41, 5.74) is 1.42. The zero-order valence-electron chi connectivity index (χ0n) is 14.0. The number of nitrogens with one attached hydrogen (secondary N) is 2. The van der Waals surface area contributed by atoms with Crippen molar-refractivity contribution in [1.82, 2.24) is 14.9 Å². The van der Waals surface area contributed by atoms with Gasteiger partial charge in [-0.25, -0.2) is 8.42 Å². The van der Waals surface area contributed by atoms with E-state index < -0.39 is 10.0 Å². The van der Waals surface area contributed by atoms with Crippen molar-refractivity contribution in [2.24, 2.45) is 0 Å². The van der Waals surface area contributed by atoms with Gasteiger partial charge >= 0.3 is 0 Å². The number of fused-ring (bicyclic) bond motifs is 1. The molecule has 0 atom stereocenters. The van der Waals surface area contributed by atoms with E-state index in [-0.39, 0.29) is 10.8 Å². The summed E-state index contributed by atoms with van der Waals surface area (Å²) in [5.74, 6) is -0.272. The molecule has 3 rings (SSSR count). The van der Waals surface area contributed by atoms with Crippen molar-refractivity contribution in [1.29, 1.82) is 0 Å². The van der Waals surface area contributed by atoms with Gasteiger partial charge in [0.1, 0.15) is 0 Å². The van der Waals surface area contributed by atoms with Gasteiger partial charge in [-0.2, -0.15) is 4.31 Å². The molecule has 0 spiro atoms. The minimum absolute atomic E-state index is 0.160. The van der Waals surface area contributed by atoms with Crippen LogP contribution in [-0.4, -0.2) is 45.3 Å². The first kappa shape index (κ1) is 18.1. The number of thiophene rings is 1. The molecular weight excluding hydrogens is 358 g/mol. The first-order valence-electron chi connectivity index (χ1n) is 8.10. The first-order valence-corrected chi connectivity index (χ1v) is 10.4. The average Bonchev–Trinajstić information content (AvgIpc) is 3.09. The molecule has 1 aliphatic heterocycles. The fraction of sp³-hybridized carbons (Fsp3) is 0.353.